The number of fused-ring (bicyclic) bond motifs is 3. The molecule has 0 radical (unpaired) electrons. The van der Waals surface area contributed by atoms with Gasteiger partial charge in [0, 0.05) is 27.1 Å². The van der Waals surface area contributed by atoms with Crippen LogP contribution >= 0.6 is 0 Å². The summed E-state index contributed by atoms with van der Waals surface area (Å²) in [5, 5.41) is 20.0. The van der Waals surface area contributed by atoms with Crippen LogP contribution in [0.5, 0.6) is 5.75 Å². The average molecular weight is 916 g/mol. The Balaban J connectivity index is 1.83. The van der Waals surface area contributed by atoms with Crippen molar-refractivity contribution in [2.75, 3.05) is 27.8 Å². The quantitative estimate of drug-likeness (QED) is 0.217. The molecule has 3 fully saturated rings. The summed E-state index contributed by atoms with van der Waals surface area (Å²) in [6.07, 6.45) is -3.75. The number of likely N-dealkylation sites (N-methyl/N-ethyl adjacent to an activating group) is 1. The smallest absolute Gasteiger partial charge is 0.408 e. The third-order valence-corrected chi connectivity index (χ3v) is 12.4. The third-order valence-electron chi connectivity index (χ3n) is 12.4. The molecule has 65 heavy (non-hydrogen) atoms. The number of aliphatic hydroxyl groups excluding tert-OH is 1. The van der Waals surface area contributed by atoms with Crippen LogP contribution in [0.25, 0.3) is 0 Å². The molecule has 364 valence electrons. The molecule has 4 rings (SSSR count). The summed E-state index contributed by atoms with van der Waals surface area (Å²) in [6.45, 7) is 15.4. The van der Waals surface area contributed by atoms with Crippen LogP contribution < -0.4 is 20.7 Å². The Morgan fingerprint density at radius 2 is 1.55 bits per heavy atom. The molecular weight excluding hydrogens is 843 g/mol. The van der Waals surface area contributed by atoms with E-state index in [0.717, 1.165) is 0 Å². The number of carbonyl (C=O) groups is 7. The fourth-order valence-electron chi connectivity index (χ4n) is 8.83. The Morgan fingerprint density at radius 1 is 0.892 bits per heavy atom. The molecule has 1 aromatic carbocycles. The molecule has 1 unspecified atom stereocenters. The fourth-order valence-corrected chi connectivity index (χ4v) is 8.83. The van der Waals surface area contributed by atoms with Crippen molar-refractivity contribution in [1.82, 2.24) is 25.8 Å². The Labute approximate surface area is 383 Å². The topological polar surface area (TPSA) is 228 Å². The molecule has 0 spiro atoms. The number of alkyl carbamates (subject to hydrolysis) is 1. The standard InChI is InChI=1S/C47H73N5O13/c1-25(2)23-33-42(56)52-22-14-17-34(52)43(57)51(10)35(24-29-18-20-30(61-11)21-19-29)45(59)63-28(6)36(50-46(60)65-47(7,8)9)41(55)48-32-16-13-15-31(39(32)62-12)44(58)64-38(26(3)4)37(53)27(5)40(54)49-33/h18-21,25-28,31-39,53H,13-17,22-24H2,1-12H3,(H,48,55)(H,49,54)(H,50,60)/t27-,28+,31-,32?,33-,34-,35-,36-,37-,38-,39-/m0/s1. The zero-order valence-electron chi connectivity index (χ0n) is 40.2. The van der Waals surface area contributed by atoms with Gasteiger partial charge in [-0.05, 0) is 89.3 Å². The molecule has 1 saturated carbocycles. The van der Waals surface area contributed by atoms with Crippen LogP contribution in [0.3, 0.4) is 0 Å². The Morgan fingerprint density at radius 3 is 2.14 bits per heavy atom. The van der Waals surface area contributed by atoms with E-state index in [9.17, 15) is 38.7 Å². The van der Waals surface area contributed by atoms with E-state index in [0.29, 0.717) is 37.0 Å². The average Bonchev–Trinajstić information content (AvgIpc) is 3.74. The van der Waals surface area contributed by atoms with E-state index in [1.165, 1.54) is 44.9 Å². The second-order valence-electron chi connectivity index (χ2n) is 19.4. The minimum absolute atomic E-state index is 0.0342. The Kier molecular flexibility index (Phi) is 18.6. The highest BCUT2D eigenvalue weighted by Gasteiger charge is 2.46. The number of methoxy groups -OCH3 is 2. The molecule has 1 aromatic rings. The molecule has 11 atom stereocenters. The zero-order valence-corrected chi connectivity index (χ0v) is 40.2. The van der Waals surface area contributed by atoms with Gasteiger partial charge >= 0.3 is 18.0 Å². The second-order valence-corrected chi connectivity index (χ2v) is 19.4. The van der Waals surface area contributed by atoms with Gasteiger partial charge in [-0.1, -0.05) is 53.2 Å². The SMILES string of the molecule is COc1ccc(C[C@H]2C(=O)O[C@H](C)[C@H](NC(=O)OC(C)(C)C)C(=O)NC3CCC[C@H](C(=O)O[C@@H](C(C)C)[C@@H](O)[C@H](C)C(=O)N[C@@H](CC(C)C)C(=O)N4CCC[C@H]4C(=O)N2C)[C@@H]3OC)cc1. The van der Waals surface area contributed by atoms with Crippen LogP contribution in [0, 0.1) is 23.7 Å². The normalized spacial score (nSPS) is 30.5. The zero-order chi connectivity index (χ0) is 48.5. The van der Waals surface area contributed by atoms with Gasteiger partial charge in [0.2, 0.25) is 23.6 Å². The van der Waals surface area contributed by atoms with E-state index in [1.54, 1.807) is 58.9 Å². The van der Waals surface area contributed by atoms with Gasteiger partial charge in [0.15, 0.2) is 0 Å². The Bertz CT molecular complexity index is 1830. The second kappa shape index (κ2) is 23.0. The predicted octanol–water partition coefficient (Wildman–Crippen LogP) is 3.29. The van der Waals surface area contributed by atoms with E-state index < -0.39 is 120 Å². The van der Waals surface area contributed by atoms with Gasteiger partial charge < -0.3 is 54.5 Å². The lowest BCUT2D eigenvalue weighted by atomic mass is 9.82. The number of aliphatic hydroxyl groups is 1. The number of cyclic esters (lactones) is 2. The van der Waals surface area contributed by atoms with Crippen molar-refractivity contribution in [2.45, 2.75) is 167 Å². The maximum Gasteiger partial charge on any atom is 0.408 e. The van der Waals surface area contributed by atoms with Gasteiger partial charge in [-0.25, -0.2) is 9.59 Å². The molecule has 3 aliphatic rings. The molecule has 2 bridgehead atoms. The van der Waals surface area contributed by atoms with E-state index in [4.69, 9.17) is 23.7 Å². The highest BCUT2D eigenvalue weighted by Crippen LogP contribution is 2.31. The van der Waals surface area contributed by atoms with Crippen LogP contribution in [-0.2, 0) is 54.1 Å². The number of amides is 5. The first kappa shape index (κ1) is 52.7. The number of rotatable bonds is 8. The maximum atomic E-state index is 14.6. The van der Waals surface area contributed by atoms with Crippen LogP contribution in [0.2, 0.25) is 0 Å². The van der Waals surface area contributed by atoms with Crippen molar-refractivity contribution < 1.29 is 62.4 Å². The molecular formula is C47H73N5O13. The first-order valence-electron chi connectivity index (χ1n) is 22.9. The van der Waals surface area contributed by atoms with Crippen molar-refractivity contribution in [3.8, 4) is 5.75 Å². The lowest BCUT2D eigenvalue weighted by molar-refractivity contribution is -0.175. The van der Waals surface area contributed by atoms with E-state index in [2.05, 4.69) is 16.0 Å². The number of hydrogen-bond donors (Lipinski definition) is 4. The predicted molar refractivity (Wildman–Crippen MR) is 238 cm³/mol. The minimum atomic E-state index is -1.53. The molecule has 18 heteroatoms. The van der Waals surface area contributed by atoms with Crippen LogP contribution in [0.15, 0.2) is 24.3 Å². The number of carbonyl (C=O) groups excluding carboxylic acids is 7. The summed E-state index contributed by atoms with van der Waals surface area (Å²) in [4.78, 5) is 102. The van der Waals surface area contributed by atoms with Crippen molar-refractivity contribution >= 4 is 41.7 Å². The first-order valence-corrected chi connectivity index (χ1v) is 22.9. The van der Waals surface area contributed by atoms with Crippen molar-refractivity contribution in [3.63, 3.8) is 0 Å². The van der Waals surface area contributed by atoms with Crippen molar-refractivity contribution in [2.24, 2.45) is 23.7 Å². The molecule has 4 N–H and O–H groups in total. The number of nitrogens with one attached hydrogen (secondary N) is 3. The number of hydrogen-bond acceptors (Lipinski definition) is 13. The highest BCUT2D eigenvalue weighted by atomic mass is 16.6. The maximum absolute atomic E-state index is 14.6. The fraction of sp³-hybridized carbons (Fsp3) is 0.723. The van der Waals surface area contributed by atoms with Crippen molar-refractivity contribution in [3.05, 3.63) is 29.8 Å². The van der Waals surface area contributed by atoms with Crippen LogP contribution in [0.1, 0.15) is 106 Å². The molecule has 2 heterocycles. The summed E-state index contributed by atoms with van der Waals surface area (Å²) < 4.78 is 28.7. The molecule has 2 aliphatic heterocycles. The van der Waals surface area contributed by atoms with Gasteiger partial charge in [-0.2, -0.15) is 0 Å². The van der Waals surface area contributed by atoms with Gasteiger partial charge in [-0.15, -0.1) is 0 Å². The summed E-state index contributed by atoms with van der Waals surface area (Å²) in [6, 6.07) is 1.23. The summed E-state index contributed by atoms with van der Waals surface area (Å²) in [5.41, 5.74) is -0.313. The van der Waals surface area contributed by atoms with E-state index in [-0.39, 0.29) is 31.7 Å². The first-order chi connectivity index (χ1) is 30.5. The van der Waals surface area contributed by atoms with Gasteiger partial charge in [0.1, 0.15) is 53.8 Å². The van der Waals surface area contributed by atoms with Gasteiger partial charge in [-0.3, -0.25) is 24.0 Å². The highest BCUT2D eigenvalue weighted by molar-refractivity contribution is 5.94. The molecule has 5 amide bonds. The number of ether oxygens (including phenoxy) is 5. The molecule has 0 aromatic heterocycles. The third kappa shape index (κ3) is 13.8. The van der Waals surface area contributed by atoms with Gasteiger partial charge in [0.25, 0.3) is 0 Å². The van der Waals surface area contributed by atoms with E-state index in [1.807, 2.05) is 13.8 Å². The number of esters is 2. The molecule has 18 nitrogen and oxygen atoms in total. The lowest BCUT2D eigenvalue weighted by Gasteiger charge is -2.39. The van der Waals surface area contributed by atoms with E-state index >= 15 is 0 Å². The lowest BCUT2D eigenvalue weighted by Crippen LogP contribution is -2.60. The summed E-state index contributed by atoms with van der Waals surface area (Å²) >= 11 is 0. The number of nitrogens with zero attached hydrogens (tertiary/aromatic N) is 2. The van der Waals surface area contributed by atoms with Crippen molar-refractivity contribution in [1.29, 1.82) is 0 Å². The largest absolute Gasteiger partial charge is 0.497 e. The summed E-state index contributed by atoms with van der Waals surface area (Å²) in [7, 11) is 4.36. The molecule has 1 aliphatic carbocycles. The summed E-state index contributed by atoms with van der Waals surface area (Å²) in [5.74, 6) is -6.03. The Hall–Kier alpha value is -4.97. The van der Waals surface area contributed by atoms with Gasteiger partial charge in [0.05, 0.1) is 31.1 Å². The van der Waals surface area contributed by atoms with Crippen LogP contribution in [0.4, 0.5) is 4.79 Å². The molecule has 2 saturated heterocycles. The minimum Gasteiger partial charge on any atom is -0.497 e. The number of benzene rings is 1. The monoisotopic (exact) mass is 916 g/mol. The van der Waals surface area contributed by atoms with Crippen LogP contribution in [-0.4, -0.2) is 145 Å².